The third kappa shape index (κ3) is 4.31. The van der Waals surface area contributed by atoms with Crippen molar-refractivity contribution in [2.45, 2.75) is 25.2 Å². The summed E-state index contributed by atoms with van der Waals surface area (Å²) in [5, 5.41) is 2.52. The standard InChI is InChI=1S/C21H18F4N2O/c1-13-7-8-20(26,12-18(13)14-5-3-2-4-6-14)27-19(28)15-9-16(21(23,24)25)11-17(22)10-15/h2-11H,12,26H2,1H3,(H,27,28). The molecule has 2 aromatic carbocycles. The molecule has 3 rings (SSSR count). The first-order valence-electron chi connectivity index (χ1n) is 8.51. The Kier molecular flexibility index (Phi) is 5.12. The van der Waals surface area contributed by atoms with Gasteiger partial charge in [-0.2, -0.15) is 13.2 Å². The van der Waals surface area contributed by atoms with Crippen LogP contribution in [0.4, 0.5) is 17.6 Å². The van der Waals surface area contributed by atoms with Crippen molar-refractivity contribution in [3.63, 3.8) is 0 Å². The first-order valence-corrected chi connectivity index (χ1v) is 8.51. The number of carbonyl (C=O) groups excluding carboxylic acids is 1. The lowest BCUT2D eigenvalue weighted by Crippen LogP contribution is -2.55. The third-order valence-electron chi connectivity index (χ3n) is 4.53. The molecule has 0 aromatic heterocycles. The van der Waals surface area contributed by atoms with Gasteiger partial charge in [-0.1, -0.05) is 36.4 Å². The molecule has 7 heteroatoms. The monoisotopic (exact) mass is 390 g/mol. The van der Waals surface area contributed by atoms with Crippen LogP contribution >= 0.6 is 0 Å². The van der Waals surface area contributed by atoms with Gasteiger partial charge in [0.05, 0.1) is 5.56 Å². The van der Waals surface area contributed by atoms with Crippen molar-refractivity contribution in [1.29, 1.82) is 0 Å². The van der Waals surface area contributed by atoms with Crippen LogP contribution in [-0.4, -0.2) is 11.6 Å². The lowest BCUT2D eigenvalue weighted by Gasteiger charge is -2.32. The van der Waals surface area contributed by atoms with E-state index in [2.05, 4.69) is 5.32 Å². The Balaban J connectivity index is 1.85. The van der Waals surface area contributed by atoms with Crippen molar-refractivity contribution < 1.29 is 22.4 Å². The highest BCUT2D eigenvalue weighted by atomic mass is 19.4. The van der Waals surface area contributed by atoms with E-state index >= 15 is 0 Å². The third-order valence-corrected chi connectivity index (χ3v) is 4.53. The number of carbonyl (C=O) groups is 1. The number of rotatable bonds is 3. The second-order valence-corrected chi connectivity index (χ2v) is 6.76. The Labute approximate surface area is 159 Å². The van der Waals surface area contributed by atoms with Gasteiger partial charge in [0.25, 0.3) is 5.91 Å². The topological polar surface area (TPSA) is 55.1 Å². The molecule has 0 fully saturated rings. The number of hydrogen-bond donors (Lipinski definition) is 2. The fourth-order valence-corrected chi connectivity index (χ4v) is 3.09. The zero-order chi connectivity index (χ0) is 20.5. The Morgan fingerprint density at radius 2 is 1.82 bits per heavy atom. The molecule has 0 saturated heterocycles. The van der Waals surface area contributed by atoms with Gasteiger partial charge in [-0.3, -0.25) is 4.79 Å². The molecule has 0 radical (unpaired) electrons. The first-order chi connectivity index (χ1) is 13.1. The van der Waals surface area contributed by atoms with Crippen molar-refractivity contribution in [3.05, 3.63) is 88.8 Å². The number of allylic oxidation sites excluding steroid dienone is 2. The first kappa shape index (κ1) is 19.8. The van der Waals surface area contributed by atoms with Gasteiger partial charge >= 0.3 is 6.18 Å². The van der Waals surface area contributed by atoms with Gasteiger partial charge in [0.2, 0.25) is 0 Å². The second-order valence-electron chi connectivity index (χ2n) is 6.76. The molecule has 146 valence electrons. The number of nitrogens with two attached hydrogens (primary N) is 1. The maximum Gasteiger partial charge on any atom is 0.416 e. The normalized spacial score (nSPS) is 19.6. The van der Waals surface area contributed by atoms with E-state index in [1.54, 1.807) is 12.2 Å². The molecule has 0 bridgehead atoms. The highest BCUT2D eigenvalue weighted by molar-refractivity contribution is 5.95. The number of benzene rings is 2. The van der Waals surface area contributed by atoms with Gasteiger partial charge in [0, 0.05) is 12.0 Å². The summed E-state index contributed by atoms with van der Waals surface area (Å²) in [6.07, 6.45) is -1.19. The average molecular weight is 390 g/mol. The molecule has 2 aromatic rings. The Morgan fingerprint density at radius 3 is 2.46 bits per heavy atom. The number of alkyl halides is 3. The summed E-state index contributed by atoms with van der Waals surface area (Å²) in [5.41, 5.74) is 6.09. The average Bonchev–Trinajstić information content (AvgIpc) is 2.63. The summed E-state index contributed by atoms with van der Waals surface area (Å²) >= 11 is 0. The molecule has 0 aliphatic heterocycles. The Morgan fingerprint density at radius 1 is 1.14 bits per heavy atom. The zero-order valence-corrected chi connectivity index (χ0v) is 15.0. The molecule has 1 aliphatic carbocycles. The van der Waals surface area contributed by atoms with Crippen molar-refractivity contribution in [2.75, 3.05) is 0 Å². The van der Waals surface area contributed by atoms with Crippen LogP contribution in [0.15, 0.2) is 66.3 Å². The summed E-state index contributed by atoms with van der Waals surface area (Å²) in [6.45, 7) is 1.91. The van der Waals surface area contributed by atoms with Gasteiger partial charge in [0.15, 0.2) is 0 Å². The van der Waals surface area contributed by atoms with Gasteiger partial charge in [-0.05, 0) is 47.9 Å². The summed E-state index contributed by atoms with van der Waals surface area (Å²) in [4.78, 5) is 12.5. The summed E-state index contributed by atoms with van der Waals surface area (Å²) in [7, 11) is 0. The van der Waals surface area contributed by atoms with Crippen molar-refractivity contribution in [3.8, 4) is 0 Å². The van der Waals surface area contributed by atoms with Gasteiger partial charge < -0.3 is 11.1 Å². The fourth-order valence-electron chi connectivity index (χ4n) is 3.09. The SMILES string of the molecule is CC1=C(c2ccccc2)CC(N)(NC(=O)c2cc(F)cc(C(F)(F)F)c2)C=C1. The van der Waals surface area contributed by atoms with Crippen molar-refractivity contribution in [2.24, 2.45) is 5.73 Å². The molecule has 0 saturated carbocycles. The van der Waals surface area contributed by atoms with Crippen LogP contribution in [0.1, 0.15) is 34.8 Å². The molecule has 1 atom stereocenters. The maximum atomic E-state index is 13.6. The van der Waals surface area contributed by atoms with Crippen molar-refractivity contribution in [1.82, 2.24) is 5.32 Å². The van der Waals surface area contributed by atoms with E-state index in [-0.39, 0.29) is 6.42 Å². The number of hydrogen-bond acceptors (Lipinski definition) is 2. The summed E-state index contributed by atoms with van der Waals surface area (Å²) in [5.74, 6) is -2.03. The molecular formula is C21H18F4N2O. The van der Waals surface area contributed by atoms with E-state index in [1.807, 2.05) is 37.3 Å². The maximum absolute atomic E-state index is 13.6. The van der Waals surface area contributed by atoms with E-state index in [0.29, 0.717) is 12.1 Å². The van der Waals surface area contributed by atoms with Crippen molar-refractivity contribution >= 4 is 11.5 Å². The predicted octanol–water partition coefficient (Wildman–Crippen LogP) is 4.66. The summed E-state index contributed by atoms with van der Waals surface area (Å²) in [6, 6.07) is 11.1. The molecule has 1 unspecified atom stereocenters. The van der Waals surface area contributed by atoms with E-state index in [1.165, 1.54) is 0 Å². The van der Waals surface area contributed by atoms with E-state index < -0.39 is 34.7 Å². The number of nitrogens with one attached hydrogen (secondary N) is 1. The molecule has 1 aliphatic rings. The lowest BCUT2D eigenvalue weighted by atomic mass is 9.86. The van der Waals surface area contributed by atoms with Gasteiger partial charge in [-0.15, -0.1) is 0 Å². The highest BCUT2D eigenvalue weighted by Gasteiger charge is 2.33. The molecule has 28 heavy (non-hydrogen) atoms. The van der Waals surface area contributed by atoms with Crippen LogP contribution in [0.3, 0.4) is 0 Å². The highest BCUT2D eigenvalue weighted by Crippen LogP contribution is 2.33. The minimum Gasteiger partial charge on any atom is -0.330 e. The number of halogens is 4. The quantitative estimate of drug-likeness (QED) is 0.592. The molecule has 3 N–H and O–H groups in total. The molecule has 0 heterocycles. The van der Waals surface area contributed by atoms with Crippen LogP contribution in [0.25, 0.3) is 5.57 Å². The predicted molar refractivity (Wildman–Crippen MR) is 98.6 cm³/mol. The minimum absolute atomic E-state index is 0.243. The zero-order valence-electron chi connectivity index (χ0n) is 15.0. The van der Waals surface area contributed by atoms with Gasteiger partial charge in [0.1, 0.15) is 11.5 Å². The molecule has 0 spiro atoms. The van der Waals surface area contributed by atoms with Crippen LogP contribution in [-0.2, 0) is 6.18 Å². The Bertz CT molecular complexity index is 964. The smallest absolute Gasteiger partial charge is 0.330 e. The second kappa shape index (κ2) is 7.24. The largest absolute Gasteiger partial charge is 0.416 e. The molecule has 1 amide bonds. The van der Waals surface area contributed by atoms with Crippen LogP contribution < -0.4 is 11.1 Å². The van der Waals surface area contributed by atoms with E-state index in [4.69, 9.17) is 5.73 Å². The van der Waals surface area contributed by atoms with E-state index in [0.717, 1.165) is 22.8 Å². The molecular weight excluding hydrogens is 372 g/mol. The number of amides is 1. The molecule has 3 nitrogen and oxygen atoms in total. The summed E-state index contributed by atoms with van der Waals surface area (Å²) < 4.78 is 52.3. The van der Waals surface area contributed by atoms with Crippen LogP contribution in [0, 0.1) is 5.82 Å². The van der Waals surface area contributed by atoms with Crippen LogP contribution in [0.5, 0.6) is 0 Å². The lowest BCUT2D eigenvalue weighted by molar-refractivity contribution is -0.137. The van der Waals surface area contributed by atoms with E-state index in [9.17, 15) is 22.4 Å². The minimum atomic E-state index is -4.76. The Hall–Kier alpha value is -2.93. The van der Waals surface area contributed by atoms with Crippen LogP contribution in [0.2, 0.25) is 0 Å². The van der Waals surface area contributed by atoms with Gasteiger partial charge in [-0.25, -0.2) is 4.39 Å². The fraction of sp³-hybridized carbons (Fsp3) is 0.190.